The summed E-state index contributed by atoms with van der Waals surface area (Å²) in [7, 11) is -1.61. The maximum absolute atomic E-state index is 12.9. The lowest BCUT2D eigenvalue weighted by Crippen LogP contribution is -2.39. The molecule has 1 aliphatic rings. The highest BCUT2D eigenvalue weighted by atomic mass is 32.2. The van der Waals surface area contributed by atoms with Gasteiger partial charge in [0.25, 0.3) is 0 Å². The molecule has 4 nitrogen and oxygen atoms in total. The van der Waals surface area contributed by atoms with E-state index >= 15 is 0 Å². The number of alkyl halides is 3. The Bertz CT molecular complexity index is 1020. The molecule has 0 aliphatic carbocycles. The molecule has 0 N–H and O–H groups in total. The third kappa shape index (κ3) is 5.11. The van der Waals surface area contributed by atoms with Gasteiger partial charge in [0.15, 0.2) is 5.78 Å². The number of hydrogen-bond donors (Lipinski definition) is 0. The molecular formula is C24H25F3O4S. The molecular weight excluding hydrogens is 441 g/mol. The molecule has 1 saturated heterocycles. The molecule has 0 saturated carbocycles. The molecule has 4 unspecified atom stereocenters. The van der Waals surface area contributed by atoms with E-state index in [1.165, 1.54) is 12.1 Å². The van der Waals surface area contributed by atoms with Gasteiger partial charge in [-0.05, 0) is 68.1 Å². The number of ether oxygens (including phenoxy) is 1. The van der Waals surface area contributed by atoms with Crippen LogP contribution in [-0.4, -0.2) is 27.3 Å². The SMILES string of the molecule is Cc1cc(C)c(C2C(=O)CC(CC(C)S(=O)c3ccc(C(F)(F)F)cc3)OC2=O)c(C)c1. The van der Waals surface area contributed by atoms with Gasteiger partial charge in [0.05, 0.1) is 16.4 Å². The highest BCUT2D eigenvalue weighted by Gasteiger charge is 2.40. The average Bonchev–Trinajstić information content (AvgIpc) is 2.68. The van der Waals surface area contributed by atoms with Crippen molar-refractivity contribution >= 4 is 22.6 Å². The van der Waals surface area contributed by atoms with Crippen LogP contribution in [0.3, 0.4) is 0 Å². The van der Waals surface area contributed by atoms with Crippen LogP contribution in [0.2, 0.25) is 0 Å². The molecule has 0 bridgehead atoms. The predicted molar refractivity (Wildman–Crippen MR) is 115 cm³/mol. The third-order valence-electron chi connectivity index (χ3n) is 5.67. The summed E-state index contributed by atoms with van der Waals surface area (Å²) in [5.41, 5.74) is 2.61. The predicted octanol–water partition coefficient (Wildman–Crippen LogP) is 5.19. The van der Waals surface area contributed by atoms with Crippen LogP contribution in [-0.2, 0) is 31.3 Å². The highest BCUT2D eigenvalue weighted by molar-refractivity contribution is 7.85. The van der Waals surface area contributed by atoms with Gasteiger partial charge in [-0.1, -0.05) is 24.6 Å². The van der Waals surface area contributed by atoms with E-state index < -0.39 is 45.8 Å². The van der Waals surface area contributed by atoms with Gasteiger partial charge in [0, 0.05) is 16.6 Å². The molecule has 4 atom stereocenters. The standard InChI is InChI=1S/C24H25F3O4S/c1-13-9-14(2)21(15(3)10-13)22-20(28)12-18(31-23(22)29)11-16(4)32(30)19-7-5-17(6-8-19)24(25,26)27/h5-10,16,18,22H,11-12H2,1-4H3. The van der Waals surface area contributed by atoms with Gasteiger partial charge in [-0.3, -0.25) is 13.8 Å². The van der Waals surface area contributed by atoms with E-state index in [0.29, 0.717) is 5.56 Å². The van der Waals surface area contributed by atoms with E-state index in [0.717, 1.165) is 28.8 Å². The number of esters is 1. The average molecular weight is 467 g/mol. The van der Waals surface area contributed by atoms with Gasteiger partial charge in [-0.15, -0.1) is 0 Å². The van der Waals surface area contributed by atoms with Gasteiger partial charge >= 0.3 is 12.1 Å². The Morgan fingerprint density at radius 2 is 1.62 bits per heavy atom. The first-order chi connectivity index (χ1) is 14.9. The van der Waals surface area contributed by atoms with Gasteiger partial charge in [0.1, 0.15) is 12.0 Å². The van der Waals surface area contributed by atoms with Gasteiger partial charge in [0.2, 0.25) is 0 Å². The van der Waals surface area contributed by atoms with Crippen molar-refractivity contribution in [1.29, 1.82) is 0 Å². The van der Waals surface area contributed by atoms with Crippen LogP contribution in [0, 0.1) is 20.8 Å². The lowest BCUT2D eigenvalue weighted by atomic mass is 9.83. The lowest BCUT2D eigenvalue weighted by molar-refractivity contribution is -0.160. The minimum Gasteiger partial charge on any atom is -0.461 e. The summed E-state index contributed by atoms with van der Waals surface area (Å²) in [4.78, 5) is 25.9. The first-order valence-electron chi connectivity index (χ1n) is 10.3. The number of carbonyl (C=O) groups excluding carboxylic acids is 2. The van der Waals surface area contributed by atoms with Crippen molar-refractivity contribution in [3.63, 3.8) is 0 Å². The Labute approximate surface area is 187 Å². The number of benzene rings is 2. The van der Waals surface area contributed by atoms with E-state index in [1.54, 1.807) is 6.92 Å². The van der Waals surface area contributed by atoms with Crippen LogP contribution in [0.15, 0.2) is 41.3 Å². The van der Waals surface area contributed by atoms with E-state index in [-0.39, 0.29) is 23.5 Å². The minimum atomic E-state index is -4.47. The Morgan fingerprint density at radius 1 is 1.06 bits per heavy atom. The van der Waals surface area contributed by atoms with Gasteiger partial charge in [-0.25, -0.2) is 0 Å². The summed E-state index contributed by atoms with van der Waals surface area (Å²) in [6.45, 7) is 7.32. The summed E-state index contributed by atoms with van der Waals surface area (Å²) in [5, 5.41) is -0.517. The second kappa shape index (κ2) is 9.17. The van der Waals surface area contributed by atoms with Crippen molar-refractivity contribution in [2.75, 3.05) is 0 Å². The lowest BCUT2D eigenvalue weighted by Gasteiger charge is -2.30. The second-order valence-electron chi connectivity index (χ2n) is 8.34. The topological polar surface area (TPSA) is 60.4 Å². The number of hydrogen-bond acceptors (Lipinski definition) is 4. The number of halogens is 3. The molecule has 2 aromatic rings. The molecule has 1 aliphatic heterocycles. The molecule has 172 valence electrons. The molecule has 0 radical (unpaired) electrons. The molecule has 3 rings (SSSR count). The first kappa shape index (κ1) is 24.2. The van der Waals surface area contributed by atoms with Crippen molar-refractivity contribution in [1.82, 2.24) is 0 Å². The second-order valence-corrected chi connectivity index (χ2v) is 10.2. The monoisotopic (exact) mass is 466 g/mol. The largest absolute Gasteiger partial charge is 0.461 e. The fourth-order valence-electron chi connectivity index (χ4n) is 4.27. The fourth-order valence-corrected chi connectivity index (χ4v) is 5.53. The number of aryl methyl sites for hydroxylation is 3. The number of rotatable bonds is 5. The zero-order valence-corrected chi connectivity index (χ0v) is 19.1. The number of cyclic esters (lactones) is 1. The number of ketones is 1. The summed E-state index contributed by atoms with van der Waals surface area (Å²) in [5.74, 6) is -1.83. The van der Waals surface area contributed by atoms with Crippen LogP contribution in [0.5, 0.6) is 0 Å². The Hall–Kier alpha value is -2.48. The fraction of sp³-hybridized carbons (Fsp3) is 0.417. The normalized spacial score (nSPS) is 21.2. The van der Waals surface area contributed by atoms with Crippen molar-refractivity contribution in [3.05, 3.63) is 64.2 Å². The van der Waals surface area contributed by atoms with Crippen LogP contribution >= 0.6 is 0 Å². The molecule has 0 amide bonds. The maximum Gasteiger partial charge on any atom is 0.416 e. The summed E-state index contributed by atoms with van der Waals surface area (Å²) >= 11 is 0. The maximum atomic E-state index is 12.9. The number of Topliss-reactive ketones (excluding diaryl/α,β-unsaturated/α-hetero) is 1. The molecule has 1 heterocycles. The Balaban J connectivity index is 1.69. The van der Waals surface area contributed by atoms with Crippen LogP contribution in [0.4, 0.5) is 13.2 Å². The van der Waals surface area contributed by atoms with Crippen LogP contribution in [0.25, 0.3) is 0 Å². The van der Waals surface area contributed by atoms with Gasteiger partial charge in [-0.2, -0.15) is 13.2 Å². The summed E-state index contributed by atoms with van der Waals surface area (Å²) in [6.07, 6.45) is -5.00. The van der Waals surface area contributed by atoms with Crippen LogP contribution < -0.4 is 0 Å². The van der Waals surface area contributed by atoms with Crippen molar-refractivity contribution in [3.8, 4) is 0 Å². The zero-order chi connectivity index (χ0) is 23.8. The van der Waals surface area contributed by atoms with E-state index in [9.17, 15) is 27.0 Å². The molecule has 8 heteroatoms. The van der Waals surface area contributed by atoms with Crippen molar-refractivity contribution in [2.24, 2.45) is 0 Å². The minimum absolute atomic E-state index is 0.0116. The first-order valence-corrected chi connectivity index (χ1v) is 11.5. The number of carbonyl (C=O) groups is 2. The highest BCUT2D eigenvalue weighted by Crippen LogP contribution is 2.34. The van der Waals surface area contributed by atoms with E-state index in [1.807, 2.05) is 32.9 Å². The smallest absolute Gasteiger partial charge is 0.416 e. The van der Waals surface area contributed by atoms with E-state index in [4.69, 9.17) is 4.74 Å². The molecule has 0 spiro atoms. The molecule has 2 aromatic carbocycles. The Kier molecular flexibility index (Phi) is 6.93. The summed E-state index contributed by atoms with van der Waals surface area (Å²) in [6, 6.07) is 8.00. The van der Waals surface area contributed by atoms with Crippen molar-refractivity contribution < 1.29 is 31.7 Å². The third-order valence-corrected chi connectivity index (χ3v) is 7.33. The van der Waals surface area contributed by atoms with Gasteiger partial charge < -0.3 is 4.74 Å². The molecule has 1 fully saturated rings. The molecule has 32 heavy (non-hydrogen) atoms. The Morgan fingerprint density at radius 3 is 2.12 bits per heavy atom. The molecule has 0 aromatic heterocycles. The zero-order valence-electron chi connectivity index (χ0n) is 18.3. The quantitative estimate of drug-likeness (QED) is 0.450. The van der Waals surface area contributed by atoms with Crippen molar-refractivity contribution in [2.45, 2.75) is 68.9 Å². The summed E-state index contributed by atoms with van der Waals surface area (Å²) < 4.78 is 56.5. The van der Waals surface area contributed by atoms with E-state index in [2.05, 4.69) is 0 Å². The van der Waals surface area contributed by atoms with Crippen LogP contribution in [0.1, 0.15) is 53.5 Å².